The topological polar surface area (TPSA) is 82.0 Å². The van der Waals surface area contributed by atoms with Crippen molar-refractivity contribution in [3.8, 4) is 0 Å². The summed E-state index contributed by atoms with van der Waals surface area (Å²) < 4.78 is 12.5. The Labute approximate surface area is 123 Å². The fourth-order valence-electron chi connectivity index (χ4n) is 2.19. The predicted octanol–water partition coefficient (Wildman–Crippen LogP) is 1.79. The van der Waals surface area contributed by atoms with Crippen LogP contribution in [0.2, 0.25) is 0 Å². The maximum absolute atomic E-state index is 8.71. The normalized spacial score (nSPS) is 12.1. The number of benzene rings is 1. The third kappa shape index (κ3) is 3.96. The highest BCUT2D eigenvalue weighted by Crippen LogP contribution is 2.18. The van der Waals surface area contributed by atoms with Gasteiger partial charge in [0.1, 0.15) is 0 Å². The van der Waals surface area contributed by atoms with Crippen molar-refractivity contribution in [2.24, 2.45) is 10.9 Å². The number of ether oxygens (including phenoxy) is 2. The zero-order chi connectivity index (χ0) is 15.1. The van der Waals surface area contributed by atoms with Crippen LogP contribution in [0, 0.1) is 0 Å². The maximum atomic E-state index is 8.71. The molecule has 2 aromatic rings. The largest absolute Gasteiger partial charge is 0.409 e. The highest BCUT2D eigenvalue weighted by molar-refractivity contribution is 6.00. The molecule has 1 aromatic heterocycles. The first-order chi connectivity index (χ1) is 10.3. The summed E-state index contributed by atoms with van der Waals surface area (Å²) in [6, 6.07) is 7.77. The Morgan fingerprint density at radius 2 is 2.14 bits per heavy atom. The van der Waals surface area contributed by atoms with Crippen LogP contribution >= 0.6 is 0 Å². The Balaban J connectivity index is 1.96. The SMILES string of the molecule is COCCOCCCn1ccc2cc(/C(N)=N/O)ccc21. The molecule has 21 heavy (non-hydrogen) atoms. The monoisotopic (exact) mass is 291 g/mol. The first-order valence-electron chi connectivity index (χ1n) is 6.89. The van der Waals surface area contributed by atoms with Gasteiger partial charge in [-0.15, -0.1) is 0 Å². The summed E-state index contributed by atoms with van der Waals surface area (Å²) in [6.07, 6.45) is 2.98. The van der Waals surface area contributed by atoms with Crippen molar-refractivity contribution in [3.63, 3.8) is 0 Å². The van der Waals surface area contributed by atoms with Crippen LogP contribution in [-0.4, -0.2) is 42.5 Å². The number of aryl methyl sites for hydroxylation is 1. The number of fused-ring (bicyclic) bond motifs is 1. The Morgan fingerprint density at radius 3 is 2.90 bits per heavy atom. The summed E-state index contributed by atoms with van der Waals surface area (Å²) in [5.74, 6) is 0.121. The molecule has 0 aliphatic rings. The number of nitrogens with two attached hydrogens (primary N) is 1. The number of aromatic nitrogens is 1. The van der Waals surface area contributed by atoms with Gasteiger partial charge in [0.25, 0.3) is 0 Å². The van der Waals surface area contributed by atoms with E-state index in [0.29, 0.717) is 25.4 Å². The Morgan fingerprint density at radius 1 is 1.29 bits per heavy atom. The van der Waals surface area contributed by atoms with Crippen molar-refractivity contribution in [2.45, 2.75) is 13.0 Å². The standard InChI is InChI=1S/C15H21N3O3/c1-20-9-10-21-8-2-6-18-7-5-12-11-13(15(16)17-19)3-4-14(12)18/h3-5,7,11,19H,2,6,8-10H2,1H3,(H2,16,17). The molecule has 2 rings (SSSR count). The third-order valence-corrected chi connectivity index (χ3v) is 3.29. The molecular weight excluding hydrogens is 270 g/mol. The van der Waals surface area contributed by atoms with Gasteiger partial charge in [-0.05, 0) is 30.7 Å². The molecule has 0 aliphatic heterocycles. The second kappa shape index (κ2) is 7.66. The quantitative estimate of drug-likeness (QED) is 0.255. The molecule has 0 bridgehead atoms. The van der Waals surface area contributed by atoms with E-state index >= 15 is 0 Å². The van der Waals surface area contributed by atoms with Crippen LogP contribution in [0.1, 0.15) is 12.0 Å². The van der Waals surface area contributed by atoms with Crippen LogP contribution in [-0.2, 0) is 16.0 Å². The molecule has 0 unspecified atom stereocenters. The lowest BCUT2D eigenvalue weighted by atomic mass is 10.1. The van der Waals surface area contributed by atoms with Crippen molar-refractivity contribution >= 4 is 16.7 Å². The van der Waals surface area contributed by atoms with Gasteiger partial charge in [0.2, 0.25) is 0 Å². The summed E-state index contributed by atoms with van der Waals surface area (Å²) in [5, 5.41) is 12.8. The van der Waals surface area contributed by atoms with Crippen LogP contribution in [0.25, 0.3) is 10.9 Å². The van der Waals surface area contributed by atoms with Crippen molar-refractivity contribution in [2.75, 3.05) is 26.9 Å². The lowest BCUT2D eigenvalue weighted by molar-refractivity contribution is 0.0681. The summed E-state index contributed by atoms with van der Waals surface area (Å²) >= 11 is 0. The number of methoxy groups -OCH3 is 1. The van der Waals surface area contributed by atoms with Crippen LogP contribution in [0.3, 0.4) is 0 Å². The molecule has 0 aliphatic carbocycles. The summed E-state index contributed by atoms with van der Waals surface area (Å²) in [7, 11) is 1.66. The van der Waals surface area contributed by atoms with Gasteiger partial charge in [-0.25, -0.2) is 0 Å². The minimum atomic E-state index is 0.121. The Kier molecular flexibility index (Phi) is 5.59. The van der Waals surface area contributed by atoms with Gasteiger partial charge in [0.15, 0.2) is 5.84 Å². The molecule has 0 saturated carbocycles. The molecule has 0 atom stereocenters. The van der Waals surface area contributed by atoms with Crippen LogP contribution in [0.5, 0.6) is 0 Å². The predicted molar refractivity (Wildman–Crippen MR) is 81.8 cm³/mol. The number of hydrogen-bond donors (Lipinski definition) is 2. The van der Waals surface area contributed by atoms with Crippen LogP contribution < -0.4 is 5.73 Å². The fraction of sp³-hybridized carbons (Fsp3) is 0.400. The number of hydrogen-bond acceptors (Lipinski definition) is 4. The van der Waals surface area contributed by atoms with E-state index in [1.54, 1.807) is 7.11 Å². The van der Waals surface area contributed by atoms with Crippen molar-refractivity contribution in [3.05, 3.63) is 36.0 Å². The van der Waals surface area contributed by atoms with Crippen LogP contribution in [0.4, 0.5) is 0 Å². The number of amidine groups is 1. The Hall–Kier alpha value is -2.05. The third-order valence-electron chi connectivity index (χ3n) is 3.29. The fourth-order valence-corrected chi connectivity index (χ4v) is 2.19. The van der Waals surface area contributed by atoms with Gasteiger partial charge in [-0.2, -0.15) is 0 Å². The summed E-state index contributed by atoms with van der Waals surface area (Å²) in [5.41, 5.74) is 7.44. The molecule has 0 spiro atoms. The van der Waals surface area contributed by atoms with E-state index < -0.39 is 0 Å². The molecule has 3 N–H and O–H groups in total. The Bertz CT molecular complexity index is 607. The van der Waals surface area contributed by atoms with Crippen molar-refractivity contribution < 1.29 is 14.7 Å². The maximum Gasteiger partial charge on any atom is 0.170 e. The van der Waals surface area contributed by atoms with E-state index in [0.717, 1.165) is 23.9 Å². The van der Waals surface area contributed by atoms with E-state index in [1.165, 1.54) is 0 Å². The first-order valence-corrected chi connectivity index (χ1v) is 6.89. The summed E-state index contributed by atoms with van der Waals surface area (Å²) in [4.78, 5) is 0. The van der Waals surface area contributed by atoms with Gasteiger partial charge in [0, 0.05) is 42.9 Å². The lowest BCUT2D eigenvalue weighted by Crippen LogP contribution is -2.12. The number of rotatable bonds is 8. The van der Waals surface area contributed by atoms with Gasteiger partial charge in [0.05, 0.1) is 13.2 Å². The van der Waals surface area contributed by atoms with Gasteiger partial charge in [-0.3, -0.25) is 0 Å². The molecule has 0 amide bonds. The molecule has 1 heterocycles. The molecule has 114 valence electrons. The second-order valence-electron chi connectivity index (χ2n) is 4.73. The molecule has 6 nitrogen and oxygen atoms in total. The van der Waals surface area contributed by atoms with E-state index in [-0.39, 0.29) is 5.84 Å². The van der Waals surface area contributed by atoms with Gasteiger partial charge in [-0.1, -0.05) is 5.16 Å². The first kappa shape index (κ1) is 15.3. The second-order valence-corrected chi connectivity index (χ2v) is 4.73. The van der Waals surface area contributed by atoms with Crippen molar-refractivity contribution in [1.29, 1.82) is 0 Å². The number of nitrogens with zero attached hydrogens (tertiary/aromatic N) is 2. The van der Waals surface area contributed by atoms with Crippen LogP contribution in [0.15, 0.2) is 35.6 Å². The van der Waals surface area contributed by atoms with Gasteiger partial charge < -0.3 is 25.0 Å². The average molecular weight is 291 g/mol. The number of oxime groups is 1. The zero-order valence-electron chi connectivity index (χ0n) is 12.2. The van der Waals surface area contributed by atoms with E-state index in [4.69, 9.17) is 20.4 Å². The highest BCUT2D eigenvalue weighted by Gasteiger charge is 2.04. The smallest absolute Gasteiger partial charge is 0.170 e. The lowest BCUT2D eigenvalue weighted by Gasteiger charge is -2.07. The molecule has 6 heteroatoms. The minimum absolute atomic E-state index is 0.121. The van der Waals surface area contributed by atoms with Crippen molar-refractivity contribution in [1.82, 2.24) is 4.57 Å². The van der Waals surface area contributed by atoms with E-state index in [1.807, 2.05) is 30.5 Å². The molecule has 0 radical (unpaired) electrons. The van der Waals surface area contributed by atoms with E-state index in [2.05, 4.69) is 9.72 Å². The molecule has 0 saturated heterocycles. The highest BCUT2D eigenvalue weighted by atomic mass is 16.5. The van der Waals surface area contributed by atoms with E-state index in [9.17, 15) is 0 Å². The summed E-state index contributed by atoms with van der Waals surface area (Å²) in [6.45, 7) is 2.86. The van der Waals surface area contributed by atoms with Gasteiger partial charge >= 0.3 is 0 Å². The molecule has 0 fully saturated rings. The molecule has 1 aromatic carbocycles. The average Bonchev–Trinajstić information content (AvgIpc) is 2.92. The molecular formula is C15H21N3O3. The zero-order valence-corrected chi connectivity index (χ0v) is 12.2. The minimum Gasteiger partial charge on any atom is -0.409 e.